The van der Waals surface area contributed by atoms with Crippen molar-refractivity contribution in [1.29, 1.82) is 5.26 Å². The second-order valence-electron chi connectivity index (χ2n) is 6.01. The van der Waals surface area contributed by atoms with Gasteiger partial charge in [0.15, 0.2) is 0 Å². The Balaban J connectivity index is 1.56. The van der Waals surface area contributed by atoms with Crippen molar-refractivity contribution in [3.05, 3.63) is 69.2 Å². The van der Waals surface area contributed by atoms with Gasteiger partial charge in [-0.05, 0) is 35.9 Å². The molecule has 1 aliphatic rings. The monoisotopic (exact) mass is 373 g/mol. The summed E-state index contributed by atoms with van der Waals surface area (Å²) in [5.41, 5.74) is 2.40. The summed E-state index contributed by atoms with van der Waals surface area (Å²) in [5.74, 6) is -0.0170. The Hall–Kier alpha value is -2.06. The van der Waals surface area contributed by atoms with Crippen LogP contribution in [0.25, 0.3) is 0 Å². The minimum absolute atomic E-state index is 0.0170. The number of amides is 1. The Morgan fingerprint density at radius 1 is 1.00 bits per heavy atom. The minimum Gasteiger partial charge on any atom is -0.336 e. The van der Waals surface area contributed by atoms with Crippen molar-refractivity contribution >= 4 is 29.1 Å². The average molecular weight is 374 g/mol. The second kappa shape index (κ2) is 7.88. The van der Waals surface area contributed by atoms with E-state index < -0.39 is 0 Å². The molecular formula is C19H17Cl2N3O. The Bertz CT molecular complexity index is 806. The van der Waals surface area contributed by atoms with Gasteiger partial charge in [-0.25, -0.2) is 0 Å². The van der Waals surface area contributed by atoms with Gasteiger partial charge in [0.2, 0.25) is 0 Å². The third-order valence-corrected chi connectivity index (χ3v) is 5.05. The van der Waals surface area contributed by atoms with Crippen LogP contribution in [0.3, 0.4) is 0 Å². The molecule has 2 aromatic rings. The van der Waals surface area contributed by atoms with E-state index in [1.807, 2.05) is 29.2 Å². The first-order valence-corrected chi connectivity index (χ1v) is 8.78. The van der Waals surface area contributed by atoms with Crippen LogP contribution in [0.5, 0.6) is 0 Å². The Morgan fingerprint density at radius 3 is 2.28 bits per heavy atom. The van der Waals surface area contributed by atoms with Crippen molar-refractivity contribution in [2.45, 2.75) is 6.54 Å². The molecule has 6 heteroatoms. The number of benzene rings is 2. The molecule has 1 saturated heterocycles. The lowest BCUT2D eigenvalue weighted by molar-refractivity contribution is 0.0628. The maximum Gasteiger partial charge on any atom is 0.253 e. The number of carbonyl (C=O) groups is 1. The molecule has 1 aliphatic heterocycles. The molecule has 0 aromatic heterocycles. The summed E-state index contributed by atoms with van der Waals surface area (Å²) in [4.78, 5) is 16.7. The second-order valence-corrected chi connectivity index (χ2v) is 6.82. The zero-order chi connectivity index (χ0) is 17.8. The van der Waals surface area contributed by atoms with Crippen LogP contribution in [-0.4, -0.2) is 41.9 Å². The molecule has 25 heavy (non-hydrogen) atoms. The van der Waals surface area contributed by atoms with Crippen LogP contribution in [-0.2, 0) is 6.54 Å². The zero-order valence-corrected chi connectivity index (χ0v) is 15.1. The van der Waals surface area contributed by atoms with Gasteiger partial charge in [-0.15, -0.1) is 0 Å². The van der Waals surface area contributed by atoms with Crippen molar-refractivity contribution < 1.29 is 4.79 Å². The van der Waals surface area contributed by atoms with Gasteiger partial charge in [-0.1, -0.05) is 35.3 Å². The van der Waals surface area contributed by atoms with Crippen molar-refractivity contribution in [2.24, 2.45) is 0 Å². The van der Waals surface area contributed by atoms with Gasteiger partial charge in [-0.2, -0.15) is 5.26 Å². The Morgan fingerprint density at radius 2 is 1.68 bits per heavy atom. The third kappa shape index (κ3) is 4.32. The number of piperazine rings is 1. The smallest absolute Gasteiger partial charge is 0.253 e. The van der Waals surface area contributed by atoms with Crippen LogP contribution in [0.2, 0.25) is 10.0 Å². The quantitative estimate of drug-likeness (QED) is 0.821. The topological polar surface area (TPSA) is 47.3 Å². The summed E-state index contributed by atoms with van der Waals surface area (Å²) in [6.07, 6.45) is 0. The van der Waals surface area contributed by atoms with E-state index in [9.17, 15) is 4.79 Å². The molecule has 0 atom stereocenters. The lowest BCUT2D eigenvalue weighted by Crippen LogP contribution is -2.48. The summed E-state index contributed by atoms with van der Waals surface area (Å²) >= 11 is 11.9. The van der Waals surface area contributed by atoms with E-state index in [1.165, 1.54) is 5.56 Å². The molecule has 0 bridgehead atoms. The number of hydrogen-bond donors (Lipinski definition) is 0. The standard InChI is InChI=1S/C19H17Cl2N3O/c20-17-6-5-16(11-18(17)21)19(25)24-9-7-23(8-10-24)13-15-3-1-14(12-22)2-4-15/h1-6,11H,7-10,13H2. The predicted molar refractivity (Wildman–Crippen MR) is 98.8 cm³/mol. The van der Waals surface area contributed by atoms with Gasteiger partial charge < -0.3 is 4.90 Å². The molecule has 2 aromatic carbocycles. The largest absolute Gasteiger partial charge is 0.336 e. The van der Waals surface area contributed by atoms with Crippen molar-refractivity contribution in [3.8, 4) is 6.07 Å². The number of nitriles is 1. The minimum atomic E-state index is -0.0170. The SMILES string of the molecule is N#Cc1ccc(CN2CCN(C(=O)c3ccc(Cl)c(Cl)c3)CC2)cc1. The molecule has 0 aliphatic carbocycles. The van der Waals surface area contributed by atoms with Crippen LogP contribution >= 0.6 is 23.2 Å². The van der Waals surface area contributed by atoms with E-state index in [2.05, 4.69) is 11.0 Å². The van der Waals surface area contributed by atoms with E-state index in [-0.39, 0.29) is 5.91 Å². The van der Waals surface area contributed by atoms with Gasteiger partial charge in [-0.3, -0.25) is 9.69 Å². The van der Waals surface area contributed by atoms with Crippen LogP contribution < -0.4 is 0 Å². The van der Waals surface area contributed by atoms with E-state index in [1.54, 1.807) is 18.2 Å². The number of halogens is 2. The highest BCUT2D eigenvalue weighted by Gasteiger charge is 2.22. The van der Waals surface area contributed by atoms with E-state index in [4.69, 9.17) is 28.5 Å². The fourth-order valence-corrected chi connectivity index (χ4v) is 3.16. The number of hydrogen-bond acceptors (Lipinski definition) is 3. The highest BCUT2D eigenvalue weighted by atomic mass is 35.5. The first kappa shape index (κ1) is 17.8. The van der Waals surface area contributed by atoms with E-state index in [0.29, 0.717) is 34.3 Å². The Kier molecular flexibility index (Phi) is 5.60. The number of rotatable bonds is 3. The lowest BCUT2D eigenvalue weighted by Gasteiger charge is -2.34. The fraction of sp³-hybridized carbons (Fsp3) is 0.263. The molecule has 1 fully saturated rings. The molecule has 0 N–H and O–H groups in total. The summed E-state index contributed by atoms with van der Waals surface area (Å²) < 4.78 is 0. The molecule has 0 saturated carbocycles. The first-order chi connectivity index (χ1) is 12.1. The molecular weight excluding hydrogens is 357 g/mol. The summed E-state index contributed by atoms with van der Waals surface area (Å²) in [5, 5.41) is 9.69. The summed E-state index contributed by atoms with van der Waals surface area (Å²) in [6.45, 7) is 3.80. The Labute approximate surface area is 157 Å². The fourth-order valence-electron chi connectivity index (χ4n) is 2.86. The van der Waals surface area contributed by atoms with Gasteiger partial charge in [0, 0.05) is 38.3 Å². The molecule has 4 nitrogen and oxygen atoms in total. The molecule has 3 rings (SSSR count). The maximum atomic E-state index is 12.6. The first-order valence-electron chi connectivity index (χ1n) is 8.02. The van der Waals surface area contributed by atoms with Crippen molar-refractivity contribution in [3.63, 3.8) is 0 Å². The lowest BCUT2D eigenvalue weighted by atomic mass is 10.1. The van der Waals surface area contributed by atoms with Gasteiger partial charge in [0.25, 0.3) is 5.91 Å². The van der Waals surface area contributed by atoms with E-state index in [0.717, 1.165) is 19.6 Å². The third-order valence-electron chi connectivity index (χ3n) is 4.32. The number of carbonyl (C=O) groups excluding carboxylic acids is 1. The number of nitrogens with zero attached hydrogens (tertiary/aromatic N) is 3. The molecule has 1 heterocycles. The molecule has 0 spiro atoms. The van der Waals surface area contributed by atoms with Crippen LogP contribution in [0, 0.1) is 11.3 Å². The highest BCUT2D eigenvalue weighted by Crippen LogP contribution is 2.23. The molecule has 128 valence electrons. The van der Waals surface area contributed by atoms with Crippen LogP contribution in [0.1, 0.15) is 21.5 Å². The zero-order valence-electron chi connectivity index (χ0n) is 13.6. The van der Waals surface area contributed by atoms with Crippen LogP contribution in [0.4, 0.5) is 0 Å². The van der Waals surface area contributed by atoms with E-state index >= 15 is 0 Å². The summed E-state index contributed by atoms with van der Waals surface area (Å²) in [6, 6.07) is 14.7. The molecule has 1 amide bonds. The van der Waals surface area contributed by atoms with Crippen molar-refractivity contribution in [2.75, 3.05) is 26.2 Å². The van der Waals surface area contributed by atoms with Gasteiger partial charge in [0.05, 0.1) is 21.7 Å². The van der Waals surface area contributed by atoms with Crippen LogP contribution in [0.15, 0.2) is 42.5 Å². The highest BCUT2D eigenvalue weighted by molar-refractivity contribution is 6.42. The van der Waals surface area contributed by atoms with Gasteiger partial charge in [0.1, 0.15) is 0 Å². The predicted octanol–water partition coefficient (Wildman–Crippen LogP) is 3.82. The summed E-state index contributed by atoms with van der Waals surface area (Å²) in [7, 11) is 0. The molecule has 0 radical (unpaired) electrons. The average Bonchev–Trinajstić information content (AvgIpc) is 2.65. The van der Waals surface area contributed by atoms with Gasteiger partial charge >= 0.3 is 0 Å². The molecule has 0 unspecified atom stereocenters. The maximum absolute atomic E-state index is 12.6. The normalized spacial score (nSPS) is 15.0. The van der Waals surface area contributed by atoms with Crippen molar-refractivity contribution in [1.82, 2.24) is 9.80 Å².